The van der Waals surface area contributed by atoms with Crippen LogP contribution in [0.1, 0.15) is 49.2 Å². The van der Waals surface area contributed by atoms with Crippen molar-refractivity contribution in [2.45, 2.75) is 44.2 Å². The van der Waals surface area contributed by atoms with Crippen molar-refractivity contribution in [2.24, 2.45) is 0 Å². The van der Waals surface area contributed by atoms with Crippen LogP contribution in [0.25, 0.3) is 5.52 Å². The van der Waals surface area contributed by atoms with Crippen LogP contribution < -0.4 is 19.1 Å². The van der Waals surface area contributed by atoms with E-state index in [4.69, 9.17) is 9.47 Å². The standard InChI is InChI=1S/C24H25F3N4O5S/c1-24(2,3)37(33,34)29-23(32)16-11-28-31-5-4-17(20(27)21(16)31)30-12-14(26)9-18(30)15-8-13(25)10-19-22(15)36-7-6-35-19/h4-5,8,10-11,14,18H,6-7,9,12H2,1-3H3,(H,29,32)/t14-,18?/m0/s1. The van der Waals surface area contributed by atoms with E-state index in [0.717, 1.165) is 10.7 Å². The van der Waals surface area contributed by atoms with Gasteiger partial charge in [0.05, 0.1) is 28.2 Å². The monoisotopic (exact) mass is 538 g/mol. The maximum absolute atomic E-state index is 16.0. The van der Waals surface area contributed by atoms with Crippen LogP contribution in [0.15, 0.2) is 30.6 Å². The molecule has 2 aromatic heterocycles. The Kier molecular flexibility index (Phi) is 6.00. The van der Waals surface area contributed by atoms with Gasteiger partial charge >= 0.3 is 0 Å². The van der Waals surface area contributed by atoms with Crippen molar-refractivity contribution < 1.29 is 35.9 Å². The number of hydrogen-bond donors (Lipinski definition) is 1. The van der Waals surface area contributed by atoms with E-state index in [9.17, 15) is 22.0 Å². The number of carbonyl (C=O) groups is 1. The first-order valence-electron chi connectivity index (χ1n) is 11.6. The third kappa shape index (κ3) is 4.34. The Hall–Kier alpha value is -3.48. The SMILES string of the molecule is CC(C)(C)S(=O)(=O)NC(=O)c1cnn2ccc(N3C[C@@H](F)CC3c3cc(F)cc4c3OCCO4)c(F)c12. The van der Waals surface area contributed by atoms with Crippen LogP contribution in [0.4, 0.5) is 18.9 Å². The molecule has 0 radical (unpaired) electrons. The first-order valence-corrected chi connectivity index (χ1v) is 13.1. The maximum Gasteiger partial charge on any atom is 0.268 e. The molecule has 4 heterocycles. The minimum atomic E-state index is -4.08. The van der Waals surface area contributed by atoms with Crippen LogP contribution in [0.2, 0.25) is 0 Å². The van der Waals surface area contributed by atoms with Crippen molar-refractivity contribution >= 4 is 27.1 Å². The quantitative estimate of drug-likeness (QED) is 0.542. The molecule has 5 rings (SSSR count). The Morgan fingerprint density at radius 2 is 1.92 bits per heavy atom. The van der Waals surface area contributed by atoms with Gasteiger partial charge in [-0.2, -0.15) is 5.10 Å². The number of hydrogen-bond acceptors (Lipinski definition) is 7. The fourth-order valence-corrected chi connectivity index (χ4v) is 5.15. The van der Waals surface area contributed by atoms with Gasteiger partial charge in [0, 0.05) is 30.8 Å². The number of ether oxygens (including phenoxy) is 2. The molecule has 37 heavy (non-hydrogen) atoms. The molecule has 0 aliphatic carbocycles. The molecule has 0 bridgehead atoms. The smallest absolute Gasteiger partial charge is 0.268 e. The summed E-state index contributed by atoms with van der Waals surface area (Å²) in [6, 6.07) is 2.98. The van der Waals surface area contributed by atoms with Gasteiger partial charge in [0.2, 0.25) is 10.0 Å². The number of benzene rings is 1. The number of alkyl halides is 1. The highest BCUT2D eigenvalue weighted by molar-refractivity contribution is 7.91. The number of sulfonamides is 1. The average Bonchev–Trinajstić information content (AvgIpc) is 3.42. The van der Waals surface area contributed by atoms with E-state index in [1.165, 1.54) is 50.1 Å². The second-order valence-electron chi connectivity index (χ2n) is 9.93. The van der Waals surface area contributed by atoms with Gasteiger partial charge in [-0.1, -0.05) is 0 Å². The molecule has 1 amide bonds. The number of fused-ring (bicyclic) bond motifs is 2. The van der Waals surface area contributed by atoms with Gasteiger partial charge in [0.15, 0.2) is 17.3 Å². The van der Waals surface area contributed by atoms with Gasteiger partial charge in [0.25, 0.3) is 5.91 Å². The summed E-state index contributed by atoms with van der Waals surface area (Å²) in [7, 11) is -4.08. The highest BCUT2D eigenvalue weighted by Gasteiger charge is 2.39. The molecular weight excluding hydrogens is 513 g/mol. The number of carbonyl (C=O) groups excluding carboxylic acids is 1. The summed E-state index contributed by atoms with van der Waals surface area (Å²) in [5.41, 5.74) is -0.321. The molecule has 2 aliphatic heterocycles. The van der Waals surface area contributed by atoms with Crippen molar-refractivity contribution in [3.05, 3.63) is 53.4 Å². The number of nitrogens with zero attached hydrogens (tertiary/aromatic N) is 3. The lowest BCUT2D eigenvalue weighted by Gasteiger charge is -2.30. The van der Waals surface area contributed by atoms with Gasteiger partial charge in [-0.3, -0.25) is 4.79 Å². The van der Waals surface area contributed by atoms with E-state index >= 15 is 4.39 Å². The fourth-order valence-electron chi connectivity index (χ4n) is 4.49. The lowest BCUT2D eigenvalue weighted by atomic mass is 10.0. The summed E-state index contributed by atoms with van der Waals surface area (Å²) in [4.78, 5) is 14.3. The van der Waals surface area contributed by atoms with E-state index in [0.29, 0.717) is 5.56 Å². The summed E-state index contributed by atoms with van der Waals surface area (Å²) < 4.78 is 83.1. The minimum Gasteiger partial charge on any atom is -0.486 e. The van der Waals surface area contributed by atoms with Crippen LogP contribution >= 0.6 is 0 Å². The number of aromatic nitrogens is 2. The third-order valence-electron chi connectivity index (χ3n) is 6.43. The second-order valence-corrected chi connectivity index (χ2v) is 12.4. The predicted octanol–water partition coefficient (Wildman–Crippen LogP) is 3.53. The Bertz CT molecular complexity index is 1500. The molecule has 0 saturated carbocycles. The lowest BCUT2D eigenvalue weighted by Crippen LogP contribution is -2.42. The van der Waals surface area contributed by atoms with Crippen LogP contribution in [0.5, 0.6) is 11.5 Å². The van der Waals surface area contributed by atoms with Gasteiger partial charge in [-0.15, -0.1) is 0 Å². The molecule has 3 aromatic rings. The second kappa shape index (κ2) is 8.82. The normalized spacial score (nSPS) is 19.9. The molecule has 1 unspecified atom stereocenters. The van der Waals surface area contributed by atoms with Gasteiger partial charge in [-0.25, -0.2) is 30.8 Å². The Labute approximate surface area is 211 Å². The van der Waals surface area contributed by atoms with Crippen LogP contribution in [-0.2, 0) is 10.0 Å². The summed E-state index contributed by atoms with van der Waals surface area (Å²) in [5, 5.41) is 3.96. The molecule has 1 saturated heterocycles. The number of amides is 1. The van der Waals surface area contributed by atoms with Gasteiger partial charge < -0.3 is 14.4 Å². The summed E-state index contributed by atoms with van der Waals surface area (Å²) in [6.45, 7) is 4.51. The summed E-state index contributed by atoms with van der Waals surface area (Å²) in [5.74, 6) is -2.09. The lowest BCUT2D eigenvalue weighted by molar-refractivity contribution is 0.0982. The molecule has 1 aromatic carbocycles. The number of rotatable bonds is 4. The molecule has 1 N–H and O–H groups in total. The first-order chi connectivity index (χ1) is 17.4. The van der Waals surface area contributed by atoms with E-state index in [1.807, 2.05) is 4.72 Å². The van der Waals surface area contributed by atoms with Crippen LogP contribution in [-0.4, -0.2) is 54.6 Å². The largest absolute Gasteiger partial charge is 0.486 e. The highest BCUT2D eigenvalue weighted by atomic mass is 32.2. The van der Waals surface area contributed by atoms with Crippen LogP contribution in [0, 0.1) is 11.6 Å². The topological polar surface area (TPSA) is 102 Å². The maximum atomic E-state index is 16.0. The Balaban J connectivity index is 1.57. The van der Waals surface area contributed by atoms with Crippen molar-refractivity contribution in [1.82, 2.24) is 14.3 Å². The molecule has 13 heteroatoms. The third-order valence-corrected chi connectivity index (χ3v) is 8.50. The van der Waals surface area contributed by atoms with Crippen molar-refractivity contribution in [2.75, 3.05) is 24.7 Å². The number of anilines is 1. The highest BCUT2D eigenvalue weighted by Crippen LogP contribution is 2.46. The van der Waals surface area contributed by atoms with E-state index in [-0.39, 0.29) is 54.4 Å². The summed E-state index contributed by atoms with van der Waals surface area (Å²) in [6.07, 6.45) is 1.03. The van der Waals surface area contributed by atoms with E-state index < -0.39 is 44.5 Å². The van der Waals surface area contributed by atoms with E-state index in [2.05, 4.69) is 5.10 Å². The number of pyridine rings is 1. The zero-order chi connectivity index (χ0) is 26.7. The number of halogens is 3. The molecule has 9 nitrogen and oxygen atoms in total. The van der Waals surface area contributed by atoms with Crippen LogP contribution in [0.3, 0.4) is 0 Å². The number of nitrogens with one attached hydrogen (secondary N) is 1. The summed E-state index contributed by atoms with van der Waals surface area (Å²) >= 11 is 0. The van der Waals surface area contributed by atoms with Gasteiger partial charge in [0.1, 0.15) is 30.7 Å². The zero-order valence-corrected chi connectivity index (χ0v) is 21.1. The molecule has 2 aliphatic rings. The van der Waals surface area contributed by atoms with Gasteiger partial charge in [-0.05, 0) is 32.9 Å². The molecule has 1 fully saturated rings. The fraction of sp³-hybridized carbons (Fsp3) is 0.417. The molecule has 2 atom stereocenters. The van der Waals surface area contributed by atoms with E-state index in [1.54, 1.807) is 0 Å². The Morgan fingerprint density at radius 1 is 1.19 bits per heavy atom. The van der Waals surface area contributed by atoms with Crippen molar-refractivity contribution in [3.8, 4) is 11.5 Å². The first kappa shape index (κ1) is 25.2. The molecule has 0 spiro atoms. The van der Waals surface area contributed by atoms with Crippen molar-refractivity contribution in [3.63, 3.8) is 0 Å². The predicted molar refractivity (Wildman–Crippen MR) is 128 cm³/mol. The molecule has 198 valence electrons. The zero-order valence-electron chi connectivity index (χ0n) is 20.3. The molecular formula is C24H25F3N4O5S. The Morgan fingerprint density at radius 3 is 2.65 bits per heavy atom. The minimum absolute atomic E-state index is 0.0550. The average molecular weight is 539 g/mol. The van der Waals surface area contributed by atoms with Crippen molar-refractivity contribution in [1.29, 1.82) is 0 Å².